The zero-order chi connectivity index (χ0) is 33.5. The number of quaternary nitrogens is 2. The van der Waals surface area contributed by atoms with Gasteiger partial charge < -0.3 is 18.0 Å². The van der Waals surface area contributed by atoms with E-state index in [9.17, 15) is 0 Å². The fourth-order valence-corrected chi connectivity index (χ4v) is 9.54. The maximum absolute atomic E-state index is 5.90. The summed E-state index contributed by atoms with van der Waals surface area (Å²) < 4.78 is 14.5. The van der Waals surface area contributed by atoms with E-state index < -0.39 is 5.69 Å². The molecule has 45 heavy (non-hydrogen) atoms. The Morgan fingerprint density at radius 2 is 0.600 bits per heavy atom. The van der Waals surface area contributed by atoms with Gasteiger partial charge in [-0.25, -0.2) is 0 Å². The van der Waals surface area contributed by atoms with Gasteiger partial charge in [0.2, 0.25) is 5.69 Å². The lowest BCUT2D eigenvalue weighted by Gasteiger charge is -2.38. The van der Waals surface area contributed by atoms with Gasteiger partial charge in [0.25, 0.3) is 0 Å². The van der Waals surface area contributed by atoms with Gasteiger partial charge in [-0.05, 0) is 88.9 Å². The lowest BCUT2D eigenvalue weighted by molar-refractivity contribution is -0.928. The van der Waals surface area contributed by atoms with Crippen molar-refractivity contribution in [1.29, 1.82) is 0 Å². The zero-order valence-electron chi connectivity index (χ0n) is 31.6. The molecule has 0 atom stereocenters. The average Bonchev–Trinajstić information content (AvgIpc) is 2.99. The van der Waals surface area contributed by atoms with Crippen LogP contribution in [0.25, 0.3) is 0 Å². The highest BCUT2D eigenvalue weighted by Crippen LogP contribution is 2.53. The summed E-state index contributed by atoms with van der Waals surface area (Å²) in [4.78, 5) is 0. The molecule has 0 saturated heterocycles. The maximum atomic E-state index is 5.90. The quantitative estimate of drug-likeness (QED) is 0.0305. The highest BCUT2D eigenvalue weighted by molar-refractivity contribution is 8.60. The summed E-state index contributed by atoms with van der Waals surface area (Å²) >= 11 is 10.1. The van der Waals surface area contributed by atoms with Crippen LogP contribution in [-0.4, -0.2) is 74.5 Å². The average molecular weight is 695 g/mol. The van der Waals surface area contributed by atoms with Gasteiger partial charge in [-0.2, -0.15) is 0 Å². The Balaban J connectivity index is 3.73. The second-order valence-electron chi connectivity index (χ2n) is 14.3. The van der Waals surface area contributed by atoms with Crippen molar-refractivity contribution in [3.63, 3.8) is 0 Å². The van der Waals surface area contributed by atoms with Crippen LogP contribution >= 0.6 is 17.9 Å². The van der Waals surface area contributed by atoms with Crippen LogP contribution in [0.1, 0.15) is 183 Å². The van der Waals surface area contributed by atoms with Crippen molar-refractivity contribution >= 4 is 29.7 Å². The molecule has 0 bridgehead atoms. The number of unbranched alkanes of at least 4 members (excludes halogenated alkanes) is 14. The van der Waals surface area contributed by atoms with E-state index in [0.717, 1.165) is 12.8 Å². The van der Waals surface area contributed by atoms with Gasteiger partial charge in [-0.15, -0.1) is 0 Å². The van der Waals surface area contributed by atoms with Gasteiger partial charge in [0, 0.05) is 0 Å². The molecular weight excluding hydrogens is 612 g/mol. The summed E-state index contributed by atoms with van der Waals surface area (Å²) in [5.41, 5.74) is -2.37. The lowest BCUT2D eigenvalue weighted by atomic mass is 10.1. The smallest absolute Gasteiger partial charge is 0.244 e. The van der Waals surface area contributed by atoms with Crippen molar-refractivity contribution in [1.82, 2.24) is 0 Å². The van der Waals surface area contributed by atoms with Crippen molar-refractivity contribution < 1.29 is 18.0 Å². The molecule has 0 unspecified atom stereocenters. The van der Waals surface area contributed by atoms with Gasteiger partial charge in [0.15, 0.2) is 0 Å². The zero-order valence-corrected chi connectivity index (χ0v) is 34.2. The second kappa shape index (κ2) is 30.9. The van der Waals surface area contributed by atoms with Crippen LogP contribution in [-0.2, 0) is 20.9 Å². The Kier molecular flexibility index (Phi) is 31.4. The molecule has 7 heteroatoms. The summed E-state index contributed by atoms with van der Waals surface area (Å²) in [5.74, 6) is 0. The molecule has 0 aliphatic heterocycles. The highest BCUT2D eigenvalue weighted by Gasteiger charge is 2.24. The first-order valence-electron chi connectivity index (χ1n) is 20.1. The third-order valence-corrected chi connectivity index (χ3v) is 12.1. The van der Waals surface area contributed by atoms with E-state index in [-0.39, 0.29) is 0 Å². The summed E-state index contributed by atoms with van der Waals surface area (Å²) in [6.07, 6.45) is 28.9. The van der Waals surface area contributed by atoms with Crippen molar-refractivity contribution in [2.75, 3.05) is 65.6 Å². The predicted octanol–water partition coefficient (Wildman–Crippen LogP) is 12.5. The molecule has 0 heterocycles. The molecule has 4 nitrogen and oxygen atoms in total. The van der Waals surface area contributed by atoms with Crippen molar-refractivity contribution in [3.8, 4) is 0 Å². The molecule has 0 spiro atoms. The number of thiol groups is 1. The number of rotatable bonds is 36. The largest absolute Gasteiger partial charge is 0.324 e. The topological polar surface area (TPSA) is 18.5 Å². The van der Waals surface area contributed by atoms with E-state index in [2.05, 4.69) is 53.8 Å². The van der Waals surface area contributed by atoms with Gasteiger partial charge in [-0.1, -0.05) is 118 Å². The fraction of sp³-hybridized carbons (Fsp3) is 1.00. The highest BCUT2D eigenvalue weighted by atomic mass is 32.9. The van der Waals surface area contributed by atoms with Gasteiger partial charge >= 0.3 is 0 Å². The van der Waals surface area contributed by atoms with E-state index in [1.807, 2.05) is 0 Å². The Bertz CT molecular complexity index is 596. The third kappa shape index (κ3) is 25.5. The first-order chi connectivity index (χ1) is 21.8. The van der Waals surface area contributed by atoms with E-state index in [4.69, 9.17) is 20.9 Å². The van der Waals surface area contributed by atoms with E-state index in [1.54, 1.807) is 0 Å². The Labute approximate surface area is 295 Å². The van der Waals surface area contributed by atoms with Gasteiger partial charge in [-0.3, -0.25) is 0 Å². The van der Waals surface area contributed by atoms with Gasteiger partial charge in [0.05, 0.1) is 65.6 Å². The minimum Gasteiger partial charge on any atom is -0.324 e. The molecule has 0 aliphatic rings. The number of hydrogen-bond donors (Lipinski definition) is 1. The van der Waals surface area contributed by atoms with Crippen LogP contribution in [0.5, 0.6) is 0 Å². The molecule has 0 amide bonds. The first kappa shape index (κ1) is 45.8. The van der Waals surface area contributed by atoms with Crippen LogP contribution in [0.4, 0.5) is 0 Å². The molecule has 0 N–H and O–H groups in total. The molecule has 0 aromatic rings. The molecule has 0 aliphatic carbocycles. The van der Waals surface area contributed by atoms with Crippen LogP contribution < -0.4 is 0 Å². The molecule has 0 aromatic heterocycles. The summed E-state index contributed by atoms with van der Waals surface area (Å²) in [6.45, 7) is 26.5. The first-order valence-corrected chi connectivity index (χ1v) is 23.9. The minimum absolute atomic E-state index is 0.697. The van der Waals surface area contributed by atoms with Crippen LogP contribution in [0.15, 0.2) is 0 Å². The minimum atomic E-state index is -2.37. The van der Waals surface area contributed by atoms with E-state index in [0.29, 0.717) is 13.2 Å². The molecule has 0 radical (unpaired) electrons. The van der Waals surface area contributed by atoms with Crippen LogP contribution in [0.3, 0.4) is 0 Å². The fourth-order valence-electron chi connectivity index (χ4n) is 7.80. The van der Waals surface area contributed by atoms with Crippen molar-refractivity contribution in [2.24, 2.45) is 0 Å². The van der Waals surface area contributed by atoms with E-state index in [1.165, 1.54) is 190 Å². The molecule has 272 valence electrons. The SMILES string of the molecule is CCC[N+](CCC)(CCC)CCCCCCCCCCOP(=S)(S)OCCCCCCCCCC[N+](CCC)(CCC)CCC. The standard InChI is InChI=1S/C38H82N2O2PS2/c1-7-29-39(30-8-2,31-9-3)35-25-21-17-13-15-19-23-27-37-41-43(44,45)42-38-28-24-20-16-14-18-22-26-36-40(32-10-4,33-11-5)34-12-6/h7-38H2,1-6H3/q+1/p+1. The Morgan fingerprint density at radius 1 is 0.378 bits per heavy atom. The second-order valence-corrected chi connectivity index (χ2v) is 19.6. The maximum Gasteiger partial charge on any atom is 0.244 e. The molecule has 0 rings (SSSR count). The van der Waals surface area contributed by atoms with Crippen molar-refractivity contribution in [3.05, 3.63) is 0 Å². The van der Waals surface area contributed by atoms with E-state index >= 15 is 0 Å². The summed E-state index contributed by atoms with van der Waals surface area (Å²) in [5, 5.41) is 0. The molecule has 0 saturated carbocycles. The predicted molar refractivity (Wildman–Crippen MR) is 210 cm³/mol. The summed E-state index contributed by atoms with van der Waals surface area (Å²) in [7, 11) is 0. The lowest BCUT2D eigenvalue weighted by Crippen LogP contribution is -2.50. The summed E-state index contributed by atoms with van der Waals surface area (Å²) in [6, 6.07) is 0. The number of hydrogen-bond acceptors (Lipinski definition) is 3. The molecule has 0 aromatic carbocycles. The monoisotopic (exact) mass is 695 g/mol. The molecule has 0 fully saturated rings. The molecular formula is C38H83N2O2PS2+2. The van der Waals surface area contributed by atoms with Gasteiger partial charge in [0.1, 0.15) is 0 Å². The van der Waals surface area contributed by atoms with Crippen molar-refractivity contribution in [2.45, 2.75) is 183 Å². The van der Waals surface area contributed by atoms with Crippen LogP contribution in [0.2, 0.25) is 0 Å². The van der Waals surface area contributed by atoms with Crippen LogP contribution in [0, 0.1) is 0 Å². The Morgan fingerprint density at radius 3 is 0.844 bits per heavy atom. The third-order valence-electron chi connectivity index (χ3n) is 9.75. The Hall–Kier alpha value is 0.840. The normalized spacial score (nSPS) is 12.8. The number of nitrogens with zero attached hydrogens (tertiary/aromatic N) is 2.